The maximum Gasteiger partial charge on any atom is 0.184 e. The maximum absolute atomic E-state index is 15.9. The molecule has 8 nitrogen and oxygen atoms in total. The normalized spacial score (nSPS) is 33.9. The van der Waals surface area contributed by atoms with Gasteiger partial charge < -0.3 is 30.5 Å². The van der Waals surface area contributed by atoms with E-state index in [9.17, 15) is 24.9 Å². The number of hydrogen-bond donors (Lipinski definition) is 4. The third kappa shape index (κ3) is 5.51. The number of Topliss-reactive ketones (excluding diaryl/α,β-unsaturated/α-hetero) is 1. The van der Waals surface area contributed by atoms with E-state index in [4.69, 9.17) is 15.2 Å². The minimum atomic E-state index is -1.69. The van der Waals surface area contributed by atoms with E-state index in [1.807, 2.05) is 25.1 Å². The van der Waals surface area contributed by atoms with Crippen LogP contribution in [0.5, 0.6) is 5.75 Å². The molecule has 5 N–H and O–H groups in total. The molecule has 3 saturated carbocycles. The second-order valence-corrected chi connectivity index (χ2v) is 14.1. The van der Waals surface area contributed by atoms with Crippen LogP contribution < -0.4 is 10.5 Å². The van der Waals surface area contributed by atoms with Crippen LogP contribution in [0.4, 0.5) is 10.1 Å². The van der Waals surface area contributed by atoms with Crippen LogP contribution in [0.25, 0.3) is 0 Å². The van der Waals surface area contributed by atoms with Gasteiger partial charge in [-0.05, 0) is 91.3 Å². The monoisotopic (exact) mass is 633 g/mol. The Labute approximate surface area is 269 Å². The number of aryl methyl sites for hydroxylation is 1. The number of ether oxygens (including phenoxy) is 2. The largest absolute Gasteiger partial charge is 0.490 e. The Morgan fingerprint density at radius 1 is 1.17 bits per heavy atom. The van der Waals surface area contributed by atoms with Gasteiger partial charge in [-0.3, -0.25) is 9.59 Å². The molecule has 0 heterocycles. The SMILES string of the molecule is Cc1ccc(OCCc2ccc(N)cc2)c(F)c1C(O)O[C@@H]1CC2C3CCC4=CC(=O)C=CC4(C)C3C(O)CC2(C)C1C(=O)CO. The summed E-state index contributed by atoms with van der Waals surface area (Å²) in [5.74, 6) is -2.22. The molecule has 2 aromatic carbocycles. The predicted octanol–water partition coefficient (Wildman–Crippen LogP) is 4.78. The number of rotatable bonds is 9. The molecule has 46 heavy (non-hydrogen) atoms. The number of aliphatic hydroxyl groups excluding tert-OH is 3. The number of carbonyl (C=O) groups is 2. The van der Waals surface area contributed by atoms with Crippen molar-refractivity contribution >= 4 is 17.3 Å². The molecule has 2 aromatic rings. The molecule has 0 radical (unpaired) electrons. The second-order valence-electron chi connectivity index (χ2n) is 14.1. The lowest BCUT2D eigenvalue weighted by Gasteiger charge is -2.58. The molecule has 4 aliphatic carbocycles. The van der Waals surface area contributed by atoms with Crippen molar-refractivity contribution in [2.45, 2.75) is 71.4 Å². The number of allylic oxidation sites excluding steroid dienone is 4. The number of nitrogens with two attached hydrogens (primary N) is 1. The molecular formula is C37H44FNO7. The molecule has 4 aliphatic rings. The Bertz CT molecular complexity index is 1570. The number of fused-ring (bicyclic) bond motifs is 5. The van der Waals surface area contributed by atoms with Crippen molar-refractivity contribution in [3.8, 4) is 5.75 Å². The van der Waals surface area contributed by atoms with Crippen molar-refractivity contribution in [1.82, 2.24) is 0 Å². The van der Waals surface area contributed by atoms with E-state index in [1.165, 1.54) is 6.07 Å². The molecule has 246 valence electrons. The standard InChI is InChI=1S/C37H44FNO7/c1-20-4-11-29(45-15-13-21-5-8-23(39)9-6-21)34(38)31(20)35(44)46-30-17-26-25-10-7-22-16-24(41)12-14-36(22,2)32(25)27(42)18-37(26,3)33(30)28(43)19-40/h4-6,8-9,11-12,14,16,25-27,30,32-33,35,40,42,44H,7,10,13,15,17-19,39H2,1-3H3/t25?,26?,27?,30-,32?,33?,35?,36?,37?/m1/s1. The van der Waals surface area contributed by atoms with Crippen LogP contribution >= 0.6 is 0 Å². The highest BCUT2D eigenvalue weighted by molar-refractivity contribution is 6.01. The number of carbonyl (C=O) groups excluding carboxylic acids is 2. The van der Waals surface area contributed by atoms with Crippen LogP contribution in [-0.4, -0.2) is 52.3 Å². The van der Waals surface area contributed by atoms with E-state index in [2.05, 4.69) is 6.92 Å². The molecule has 0 amide bonds. The summed E-state index contributed by atoms with van der Waals surface area (Å²) in [6, 6.07) is 10.5. The molecule has 0 saturated heterocycles. The summed E-state index contributed by atoms with van der Waals surface area (Å²) in [4.78, 5) is 25.6. The van der Waals surface area contributed by atoms with E-state index < -0.39 is 53.5 Å². The van der Waals surface area contributed by atoms with Crippen LogP contribution in [0, 0.1) is 47.2 Å². The van der Waals surface area contributed by atoms with Gasteiger partial charge in [-0.25, -0.2) is 4.39 Å². The molecule has 9 heteroatoms. The average Bonchev–Trinajstić information content (AvgIpc) is 3.30. The summed E-state index contributed by atoms with van der Waals surface area (Å²) in [6.45, 7) is 5.23. The van der Waals surface area contributed by atoms with Crippen molar-refractivity contribution < 1.29 is 38.8 Å². The maximum atomic E-state index is 15.9. The number of nitrogen functional groups attached to an aromatic ring is 1. The highest BCUT2D eigenvalue weighted by Gasteiger charge is 2.65. The lowest BCUT2D eigenvalue weighted by atomic mass is 9.46. The highest BCUT2D eigenvalue weighted by Crippen LogP contribution is 2.66. The van der Waals surface area contributed by atoms with E-state index in [0.29, 0.717) is 36.9 Å². The van der Waals surface area contributed by atoms with E-state index in [-0.39, 0.29) is 41.5 Å². The van der Waals surface area contributed by atoms with Crippen LogP contribution in [0.15, 0.2) is 60.2 Å². The smallest absolute Gasteiger partial charge is 0.184 e. The topological polar surface area (TPSA) is 139 Å². The zero-order valence-corrected chi connectivity index (χ0v) is 26.6. The summed E-state index contributed by atoms with van der Waals surface area (Å²) in [6.07, 6.45) is 4.64. The summed E-state index contributed by atoms with van der Waals surface area (Å²) in [5, 5.41) is 33.1. The first-order valence-corrected chi connectivity index (χ1v) is 16.2. The van der Waals surface area contributed by atoms with Gasteiger partial charge in [0, 0.05) is 23.4 Å². The van der Waals surface area contributed by atoms with Crippen LogP contribution in [0.2, 0.25) is 0 Å². The molecule has 0 aliphatic heterocycles. The van der Waals surface area contributed by atoms with Gasteiger partial charge in [0.2, 0.25) is 0 Å². The molecule has 0 bridgehead atoms. The van der Waals surface area contributed by atoms with Crippen molar-refractivity contribution in [1.29, 1.82) is 0 Å². The first-order valence-electron chi connectivity index (χ1n) is 16.2. The minimum Gasteiger partial charge on any atom is -0.490 e. The molecule has 0 aromatic heterocycles. The number of aliphatic hydroxyl groups is 3. The Morgan fingerprint density at radius 3 is 2.63 bits per heavy atom. The summed E-state index contributed by atoms with van der Waals surface area (Å²) < 4.78 is 27.9. The zero-order valence-electron chi connectivity index (χ0n) is 26.6. The average molecular weight is 634 g/mol. The Hall–Kier alpha value is -3.37. The lowest BCUT2D eigenvalue weighted by Crippen LogP contribution is -2.56. The van der Waals surface area contributed by atoms with Gasteiger partial charge in [-0.2, -0.15) is 0 Å². The first kappa shape index (κ1) is 32.6. The number of halogens is 1. The van der Waals surface area contributed by atoms with Gasteiger partial charge in [0.15, 0.2) is 29.4 Å². The number of benzene rings is 2. The fourth-order valence-electron chi connectivity index (χ4n) is 9.41. The number of ketones is 2. The van der Waals surface area contributed by atoms with Gasteiger partial charge in [-0.1, -0.05) is 43.7 Å². The quantitative estimate of drug-likeness (QED) is 0.229. The third-order valence-electron chi connectivity index (χ3n) is 11.5. The van der Waals surface area contributed by atoms with Crippen molar-refractivity contribution in [3.63, 3.8) is 0 Å². The fourth-order valence-corrected chi connectivity index (χ4v) is 9.41. The van der Waals surface area contributed by atoms with Crippen LogP contribution in [-0.2, 0) is 20.7 Å². The Kier molecular flexibility index (Phi) is 8.74. The van der Waals surface area contributed by atoms with Crippen LogP contribution in [0.1, 0.15) is 62.5 Å². The molecule has 9 atom stereocenters. The van der Waals surface area contributed by atoms with Crippen molar-refractivity contribution in [2.75, 3.05) is 18.9 Å². The van der Waals surface area contributed by atoms with Gasteiger partial charge in [0.1, 0.15) is 6.61 Å². The van der Waals surface area contributed by atoms with E-state index >= 15 is 4.39 Å². The van der Waals surface area contributed by atoms with Gasteiger partial charge in [0.05, 0.1) is 30.3 Å². The van der Waals surface area contributed by atoms with E-state index in [1.54, 1.807) is 37.3 Å². The predicted molar refractivity (Wildman–Crippen MR) is 170 cm³/mol. The molecule has 6 rings (SSSR count). The van der Waals surface area contributed by atoms with E-state index in [0.717, 1.165) is 17.6 Å². The fraction of sp³-hybridized carbons (Fsp3) is 0.514. The van der Waals surface area contributed by atoms with Gasteiger partial charge in [-0.15, -0.1) is 0 Å². The second kappa shape index (κ2) is 12.3. The number of hydrogen-bond acceptors (Lipinski definition) is 8. The molecule has 8 unspecified atom stereocenters. The lowest BCUT2D eigenvalue weighted by molar-refractivity contribution is -0.168. The van der Waals surface area contributed by atoms with Crippen molar-refractivity contribution in [3.05, 3.63) is 82.7 Å². The van der Waals surface area contributed by atoms with Gasteiger partial charge in [0.25, 0.3) is 0 Å². The Morgan fingerprint density at radius 2 is 1.91 bits per heavy atom. The van der Waals surface area contributed by atoms with Crippen molar-refractivity contribution in [2.24, 2.45) is 34.5 Å². The van der Waals surface area contributed by atoms with Gasteiger partial charge >= 0.3 is 0 Å². The zero-order chi connectivity index (χ0) is 33.0. The van der Waals surface area contributed by atoms with Crippen LogP contribution in [0.3, 0.4) is 0 Å². The molecular weight excluding hydrogens is 589 g/mol. The first-order chi connectivity index (χ1) is 21.9. The summed E-state index contributed by atoms with van der Waals surface area (Å²) in [7, 11) is 0. The summed E-state index contributed by atoms with van der Waals surface area (Å²) >= 11 is 0. The Balaban J connectivity index is 1.24. The third-order valence-corrected chi connectivity index (χ3v) is 11.5. The molecule has 3 fully saturated rings. The minimum absolute atomic E-state index is 0.0157. The highest BCUT2D eigenvalue weighted by atomic mass is 19.1. The number of anilines is 1. The summed E-state index contributed by atoms with van der Waals surface area (Å²) in [5.41, 5.74) is 7.63. The molecule has 0 spiro atoms.